The van der Waals surface area contributed by atoms with E-state index in [9.17, 15) is 0 Å². The molecule has 42 heavy (non-hydrogen) atoms. The van der Waals surface area contributed by atoms with Crippen LogP contribution in [0.5, 0.6) is 0 Å². The second-order valence-electron chi connectivity index (χ2n) is 11.9. The SMILES string of the molecule is CC[Si](C#Cc1cc2cc3c(ccc4c5cc6cc(C#C[Si](CC)(CC)CC)oc6cc5ccc34)cc2o1)(CC)CC. The first kappa shape index (κ1) is 28.4. The average molecular weight is 585 g/mol. The third kappa shape index (κ3) is 4.88. The van der Waals surface area contributed by atoms with Gasteiger partial charge in [0.15, 0.2) is 11.5 Å². The molecule has 4 heteroatoms. The summed E-state index contributed by atoms with van der Waals surface area (Å²) in [5, 5.41) is 9.54. The van der Waals surface area contributed by atoms with E-state index in [0.29, 0.717) is 0 Å². The van der Waals surface area contributed by atoms with Gasteiger partial charge in [0.1, 0.15) is 27.3 Å². The van der Waals surface area contributed by atoms with E-state index in [2.05, 4.69) is 125 Å². The van der Waals surface area contributed by atoms with E-state index < -0.39 is 16.1 Å². The second-order valence-corrected chi connectivity index (χ2v) is 21.7. The Morgan fingerprint density at radius 3 is 1.19 bits per heavy atom. The predicted octanol–water partition coefficient (Wildman–Crippen LogP) is 11.4. The number of hydrogen-bond donors (Lipinski definition) is 0. The monoisotopic (exact) mass is 584 g/mol. The number of hydrogen-bond acceptors (Lipinski definition) is 2. The maximum atomic E-state index is 6.23. The molecule has 0 saturated carbocycles. The predicted molar refractivity (Wildman–Crippen MR) is 187 cm³/mol. The summed E-state index contributed by atoms with van der Waals surface area (Å²) in [6.07, 6.45) is 0. The van der Waals surface area contributed by atoms with Crippen molar-refractivity contribution in [1.29, 1.82) is 0 Å². The molecule has 2 nitrogen and oxygen atoms in total. The van der Waals surface area contributed by atoms with Gasteiger partial charge in [-0.3, -0.25) is 0 Å². The van der Waals surface area contributed by atoms with Crippen LogP contribution in [0.2, 0.25) is 36.3 Å². The van der Waals surface area contributed by atoms with Gasteiger partial charge < -0.3 is 8.83 Å². The highest BCUT2D eigenvalue weighted by Crippen LogP contribution is 2.36. The van der Waals surface area contributed by atoms with Crippen LogP contribution in [0, 0.1) is 22.9 Å². The van der Waals surface area contributed by atoms with E-state index in [1.54, 1.807) is 0 Å². The quantitative estimate of drug-likeness (QED) is 0.111. The summed E-state index contributed by atoms with van der Waals surface area (Å²) in [5.74, 6) is 8.39. The molecule has 2 heterocycles. The molecule has 6 rings (SSSR count). The van der Waals surface area contributed by atoms with Crippen LogP contribution in [0.15, 0.2) is 69.5 Å². The lowest BCUT2D eigenvalue weighted by Gasteiger charge is -2.19. The Bertz CT molecular complexity index is 1910. The van der Waals surface area contributed by atoms with Gasteiger partial charge in [0.2, 0.25) is 0 Å². The first-order chi connectivity index (χ1) is 20.4. The van der Waals surface area contributed by atoms with Crippen LogP contribution < -0.4 is 0 Å². The minimum absolute atomic E-state index is 0.778. The first-order valence-corrected chi connectivity index (χ1v) is 21.0. The van der Waals surface area contributed by atoms with Crippen LogP contribution in [0.4, 0.5) is 0 Å². The number of rotatable bonds is 6. The Hall–Kier alpha value is -3.71. The topological polar surface area (TPSA) is 26.3 Å². The van der Waals surface area contributed by atoms with Gasteiger partial charge in [0.25, 0.3) is 0 Å². The molecule has 0 bridgehead atoms. The van der Waals surface area contributed by atoms with Crippen molar-refractivity contribution in [2.45, 2.75) is 77.8 Å². The van der Waals surface area contributed by atoms with Crippen molar-refractivity contribution in [2.75, 3.05) is 0 Å². The molecule has 0 radical (unpaired) electrons. The summed E-state index contributed by atoms with van der Waals surface area (Å²) in [4.78, 5) is 0. The zero-order valence-electron chi connectivity index (χ0n) is 25.8. The van der Waals surface area contributed by atoms with E-state index in [1.165, 1.54) is 68.6 Å². The fourth-order valence-corrected chi connectivity index (χ4v) is 11.3. The lowest BCUT2D eigenvalue weighted by atomic mass is 9.96. The maximum Gasteiger partial charge on any atom is 0.177 e. The summed E-state index contributed by atoms with van der Waals surface area (Å²) >= 11 is 0. The van der Waals surface area contributed by atoms with Gasteiger partial charge >= 0.3 is 0 Å². The van der Waals surface area contributed by atoms with Crippen LogP contribution in [0.25, 0.3) is 54.3 Å². The Morgan fingerprint density at radius 1 is 0.452 bits per heavy atom. The fraction of sp³-hybridized carbons (Fsp3) is 0.316. The van der Waals surface area contributed by atoms with E-state index in [-0.39, 0.29) is 0 Å². The van der Waals surface area contributed by atoms with Crippen molar-refractivity contribution in [3.05, 3.63) is 72.2 Å². The van der Waals surface area contributed by atoms with Gasteiger partial charge in [-0.05, 0) is 105 Å². The van der Waals surface area contributed by atoms with E-state index >= 15 is 0 Å². The van der Waals surface area contributed by atoms with Crippen LogP contribution in [0.1, 0.15) is 53.1 Å². The zero-order chi connectivity index (χ0) is 29.5. The second kappa shape index (κ2) is 11.2. The van der Waals surface area contributed by atoms with Gasteiger partial charge in [-0.1, -0.05) is 65.8 Å². The van der Waals surface area contributed by atoms with Gasteiger partial charge in [-0.2, -0.15) is 0 Å². The fourth-order valence-electron chi connectivity index (χ4n) is 6.48. The highest BCUT2D eigenvalue weighted by atomic mass is 28.3. The summed E-state index contributed by atoms with van der Waals surface area (Å²) in [7, 11) is -3.06. The van der Waals surface area contributed by atoms with Crippen molar-refractivity contribution in [1.82, 2.24) is 0 Å². The lowest BCUT2D eigenvalue weighted by Crippen LogP contribution is -2.29. The molecular weight excluding hydrogens is 545 g/mol. The molecule has 0 unspecified atom stereocenters. The third-order valence-corrected chi connectivity index (χ3v) is 19.5. The van der Waals surface area contributed by atoms with E-state index in [0.717, 1.165) is 33.5 Å². The molecule has 0 spiro atoms. The maximum absolute atomic E-state index is 6.23. The Kier molecular flexibility index (Phi) is 7.56. The van der Waals surface area contributed by atoms with E-state index in [4.69, 9.17) is 8.83 Å². The minimum atomic E-state index is -1.53. The van der Waals surface area contributed by atoms with Gasteiger partial charge in [0.05, 0.1) is 0 Å². The molecule has 0 fully saturated rings. The molecular formula is C38H40O2Si2. The van der Waals surface area contributed by atoms with Crippen LogP contribution in [0.3, 0.4) is 0 Å². The molecule has 0 aliphatic carbocycles. The standard InChI is InChI=1S/C38H40O2Si2/c1-7-41(8-2,9-3)19-17-31-21-29-23-35-27(25-37(29)39-31)13-15-34-33(35)16-14-28-26-38-30(24-36(28)34)22-32(40-38)18-20-42(10-4,11-5)12-6/h13-16,21-26H,7-12H2,1-6H3. The Balaban J connectivity index is 1.45. The smallest absolute Gasteiger partial charge is 0.177 e. The number of benzene rings is 4. The first-order valence-electron chi connectivity index (χ1n) is 15.7. The number of fused-ring (bicyclic) bond motifs is 7. The van der Waals surface area contributed by atoms with Gasteiger partial charge in [0, 0.05) is 22.9 Å². The zero-order valence-corrected chi connectivity index (χ0v) is 27.8. The molecule has 2 aromatic heterocycles. The molecule has 212 valence electrons. The molecule has 4 aromatic carbocycles. The molecule has 6 aromatic rings. The van der Waals surface area contributed by atoms with E-state index in [1.807, 2.05) is 0 Å². The van der Waals surface area contributed by atoms with Crippen molar-refractivity contribution in [3.8, 4) is 22.9 Å². The van der Waals surface area contributed by atoms with Gasteiger partial charge in [-0.25, -0.2) is 0 Å². The normalized spacial score (nSPS) is 12.2. The average Bonchev–Trinajstić information content (AvgIpc) is 3.63. The van der Waals surface area contributed by atoms with Crippen LogP contribution in [-0.4, -0.2) is 16.1 Å². The lowest BCUT2D eigenvalue weighted by molar-refractivity contribution is 0.601. The molecule has 0 amide bonds. The Morgan fingerprint density at radius 2 is 0.833 bits per heavy atom. The highest BCUT2D eigenvalue weighted by Gasteiger charge is 2.25. The molecule has 0 aliphatic heterocycles. The van der Waals surface area contributed by atoms with Crippen molar-refractivity contribution in [3.63, 3.8) is 0 Å². The molecule has 0 aliphatic rings. The van der Waals surface area contributed by atoms with Crippen molar-refractivity contribution < 1.29 is 8.83 Å². The number of furan rings is 2. The molecule has 0 saturated heterocycles. The van der Waals surface area contributed by atoms with Crippen molar-refractivity contribution >= 4 is 70.4 Å². The third-order valence-electron chi connectivity index (χ3n) is 10.1. The summed E-state index contributed by atoms with van der Waals surface area (Å²) in [5.41, 5.74) is 9.15. The van der Waals surface area contributed by atoms with Gasteiger partial charge in [-0.15, -0.1) is 11.1 Å². The summed E-state index contributed by atoms with van der Waals surface area (Å²) in [6.45, 7) is 13.7. The summed E-state index contributed by atoms with van der Waals surface area (Å²) in [6, 6.07) is 29.2. The minimum Gasteiger partial charge on any atom is -0.448 e. The van der Waals surface area contributed by atoms with Crippen molar-refractivity contribution in [2.24, 2.45) is 0 Å². The van der Waals surface area contributed by atoms with Crippen LogP contribution >= 0.6 is 0 Å². The van der Waals surface area contributed by atoms with Crippen LogP contribution in [-0.2, 0) is 0 Å². The molecule has 0 N–H and O–H groups in total. The largest absolute Gasteiger partial charge is 0.448 e. The summed E-state index contributed by atoms with van der Waals surface area (Å²) < 4.78 is 12.5. The highest BCUT2D eigenvalue weighted by molar-refractivity contribution is 6.87. The Labute approximate surface area is 251 Å². The molecule has 0 atom stereocenters.